The van der Waals surface area contributed by atoms with E-state index in [1.165, 1.54) is 48.4 Å². The maximum Gasteiger partial charge on any atom is 0.244 e. The fourth-order valence-corrected chi connectivity index (χ4v) is 9.87. The number of benzene rings is 2. The number of anilines is 1. The highest BCUT2D eigenvalue weighted by Crippen LogP contribution is 2.60. The van der Waals surface area contributed by atoms with E-state index in [1.54, 1.807) is 11.8 Å². The number of sulfonamides is 1. The summed E-state index contributed by atoms with van der Waals surface area (Å²) in [5, 5.41) is 3.12. The van der Waals surface area contributed by atoms with Crippen molar-refractivity contribution >= 4 is 27.5 Å². The maximum atomic E-state index is 13.9. The lowest BCUT2D eigenvalue weighted by molar-refractivity contribution is -0.139. The Morgan fingerprint density at radius 2 is 1.49 bits per heavy atom. The van der Waals surface area contributed by atoms with E-state index in [0.29, 0.717) is 18.7 Å². The molecule has 0 aliphatic heterocycles. The van der Waals surface area contributed by atoms with Gasteiger partial charge >= 0.3 is 0 Å². The minimum Gasteiger partial charge on any atom is -0.352 e. The molecule has 0 heterocycles. The molecule has 1 atom stereocenters. The fourth-order valence-electron chi connectivity index (χ4n) is 9.02. The summed E-state index contributed by atoms with van der Waals surface area (Å²) in [6, 6.07) is 17.3. The molecule has 0 saturated heterocycles. The third-order valence-electron chi connectivity index (χ3n) is 10.8. The van der Waals surface area contributed by atoms with Crippen LogP contribution in [0, 0.1) is 17.8 Å². The molecule has 0 spiro atoms. The van der Waals surface area contributed by atoms with Crippen LogP contribution in [0.5, 0.6) is 0 Å². The Bertz CT molecular complexity index is 1370. The second kappa shape index (κ2) is 12.3. The molecular weight excluding hydrogens is 558 g/mol. The smallest absolute Gasteiger partial charge is 0.244 e. The lowest BCUT2D eigenvalue weighted by Crippen LogP contribution is -2.53. The molecule has 232 valence electrons. The number of hydrogen-bond donors (Lipinski definition) is 1. The Morgan fingerprint density at radius 1 is 0.907 bits per heavy atom. The topological polar surface area (TPSA) is 86.8 Å². The van der Waals surface area contributed by atoms with Gasteiger partial charge in [-0.25, -0.2) is 8.42 Å². The molecule has 2 aromatic carbocycles. The number of carbonyl (C=O) groups excluding carboxylic acids is 2. The maximum absolute atomic E-state index is 13.9. The van der Waals surface area contributed by atoms with Crippen LogP contribution in [0.3, 0.4) is 0 Å². The molecule has 2 aromatic rings. The first-order valence-electron chi connectivity index (χ1n) is 16.3. The van der Waals surface area contributed by atoms with E-state index in [9.17, 15) is 18.0 Å². The number of rotatable bonds is 11. The van der Waals surface area contributed by atoms with Crippen LogP contribution in [0.15, 0.2) is 54.6 Å². The standard InChI is InChI=1S/C35H47N3O4S/c1-25(34(40)36-31-10-6-7-11-31)37(17-16-26-8-4-3-5-9-26)33(39)24-38(43(2,41)42)32-14-12-30(13-15-32)35-21-27-18-28(22-35)20-29(19-27)23-35/h3-5,8-9,12-15,25,27-29,31H,6-7,10-11,16-24H2,1-2H3,(H,36,40)/t25-,27?,28?,29?,35?/m0/s1. The van der Waals surface area contributed by atoms with Crippen LogP contribution < -0.4 is 9.62 Å². The lowest BCUT2D eigenvalue weighted by Gasteiger charge is -2.57. The number of nitrogens with zero attached hydrogens (tertiary/aromatic N) is 2. The van der Waals surface area contributed by atoms with E-state index in [4.69, 9.17) is 0 Å². The second-order valence-corrected chi connectivity index (χ2v) is 15.9. The molecule has 0 aromatic heterocycles. The van der Waals surface area contributed by atoms with E-state index in [0.717, 1.165) is 55.3 Å². The molecule has 8 heteroatoms. The van der Waals surface area contributed by atoms with Crippen LogP contribution in [-0.2, 0) is 31.4 Å². The molecule has 0 unspecified atom stereocenters. The molecule has 7 nitrogen and oxygen atoms in total. The van der Waals surface area contributed by atoms with Gasteiger partial charge in [-0.1, -0.05) is 55.3 Å². The molecule has 7 rings (SSSR count). The second-order valence-electron chi connectivity index (χ2n) is 14.0. The number of hydrogen-bond acceptors (Lipinski definition) is 4. The monoisotopic (exact) mass is 605 g/mol. The summed E-state index contributed by atoms with van der Waals surface area (Å²) in [6.07, 6.45) is 13.7. The third kappa shape index (κ3) is 6.64. The molecular formula is C35H47N3O4S. The summed E-state index contributed by atoms with van der Waals surface area (Å²) in [4.78, 5) is 28.7. The van der Waals surface area contributed by atoms with E-state index in [-0.39, 0.29) is 29.8 Å². The fraction of sp³-hybridized carbons (Fsp3) is 0.600. The summed E-state index contributed by atoms with van der Waals surface area (Å²) in [7, 11) is -3.75. The van der Waals surface area contributed by atoms with Crippen molar-refractivity contribution in [3.05, 3.63) is 65.7 Å². The van der Waals surface area contributed by atoms with Gasteiger partial charge in [0.15, 0.2) is 0 Å². The van der Waals surface area contributed by atoms with Crippen LogP contribution >= 0.6 is 0 Å². The van der Waals surface area contributed by atoms with Crippen LogP contribution in [0.2, 0.25) is 0 Å². The molecule has 43 heavy (non-hydrogen) atoms. The van der Waals surface area contributed by atoms with Crippen molar-refractivity contribution in [2.24, 2.45) is 17.8 Å². The number of nitrogens with one attached hydrogen (secondary N) is 1. The minimum absolute atomic E-state index is 0.140. The molecule has 4 bridgehead atoms. The lowest BCUT2D eigenvalue weighted by atomic mass is 9.48. The van der Waals surface area contributed by atoms with Crippen molar-refractivity contribution in [2.75, 3.05) is 23.7 Å². The van der Waals surface area contributed by atoms with Gasteiger partial charge in [0.2, 0.25) is 21.8 Å². The summed E-state index contributed by atoms with van der Waals surface area (Å²) in [5.74, 6) is 1.92. The average molecular weight is 606 g/mol. The Kier molecular flexibility index (Phi) is 8.60. The molecule has 2 amide bonds. The number of carbonyl (C=O) groups is 2. The Labute approximate surface area is 257 Å². The minimum atomic E-state index is -3.75. The van der Waals surface area contributed by atoms with Gasteiger partial charge in [0.05, 0.1) is 11.9 Å². The van der Waals surface area contributed by atoms with Gasteiger partial charge in [0.25, 0.3) is 0 Å². The van der Waals surface area contributed by atoms with Crippen molar-refractivity contribution in [3.63, 3.8) is 0 Å². The predicted octanol–water partition coefficient (Wildman–Crippen LogP) is 5.44. The SMILES string of the molecule is C[C@@H](C(=O)NC1CCCC1)N(CCc1ccccc1)C(=O)CN(c1ccc(C23CC4CC(CC(C4)C2)C3)cc1)S(C)(=O)=O. The van der Waals surface area contributed by atoms with Crippen LogP contribution in [0.4, 0.5) is 5.69 Å². The molecule has 0 radical (unpaired) electrons. The quantitative estimate of drug-likeness (QED) is 0.370. The van der Waals surface area contributed by atoms with Crippen molar-refractivity contribution in [3.8, 4) is 0 Å². The first kappa shape index (κ1) is 30.2. The average Bonchev–Trinajstić information content (AvgIpc) is 3.48. The summed E-state index contributed by atoms with van der Waals surface area (Å²) < 4.78 is 27.4. The molecule has 5 aliphatic rings. The molecule has 5 aliphatic carbocycles. The first-order valence-corrected chi connectivity index (χ1v) is 18.2. The van der Waals surface area contributed by atoms with E-state index < -0.39 is 16.1 Å². The van der Waals surface area contributed by atoms with Gasteiger partial charge < -0.3 is 10.2 Å². The van der Waals surface area contributed by atoms with Crippen LogP contribution in [0.1, 0.15) is 82.3 Å². The number of amides is 2. The molecule has 5 fully saturated rings. The zero-order valence-electron chi connectivity index (χ0n) is 25.7. The Balaban J connectivity index is 1.20. The Morgan fingerprint density at radius 3 is 2.05 bits per heavy atom. The predicted molar refractivity (Wildman–Crippen MR) is 170 cm³/mol. The van der Waals surface area contributed by atoms with Gasteiger partial charge in [0.1, 0.15) is 12.6 Å². The molecule has 1 N–H and O–H groups in total. The van der Waals surface area contributed by atoms with Crippen molar-refractivity contribution in [2.45, 2.75) is 95.1 Å². The third-order valence-corrected chi connectivity index (χ3v) is 12.0. The molecule has 5 saturated carbocycles. The van der Waals surface area contributed by atoms with Crippen LogP contribution in [0.25, 0.3) is 0 Å². The zero-order chi connectivity index (χ0) is 30.2. The van der Waals surface area contributed by atoms with Gasteiger partial charge in [-0.15, -0.1) is 0 Å². The van der Waals surface area contributed by atoms with Crippen LogP contribution in [-0.4, -0.2) is 56.6 Å². The van der Waals surface area contributed by atoms with Crippen molar-refractivity contribution < 1.29 is 18.0 Å². The van der Waals surface area contributed by atoms with Gasteiger partial charge in [-0.3, -0.25) is 13.9 Å². The van der Waals surface area contributed by atoms with E-state index in [1.807, 2.05) is 42.5 Å². The first-order chi connectivity index (χ1) is 20.6. The Hall–Kier alpha value is -2.87. The summed E-state index contributed by atoms with van der Waals surface area (Å²) in [6.45, 7) is 1.73. The largest absolute Gasteiger partial charge is 0.352 e. The van der Waals surface area contributed by atoms with Crippen molar-refractivity contribution in [1.82, 2.24) is 10.2 Å². The van der Waals surface area contributed by atoms with E-state index in [2.05, 4.69) is 17.4 Å². The normalized spacial score (nSPS) is 27.2. The summed E-state index contributed by atoms with van der Waals surface area (Å²) >= 11 is 0. The van der Waals surface area contributed by atoms with Gasteiger partial charge in [0, 0.05) is 12.6 Å². The van der Waals surface area contributed by atoms with Crippen molar-refractivity contribution in [1.29, 1.82) is 0 Å². The highest BCUT2D eigenvalue weighted by molar-refractivity contribution is 7.92. The van der Waals surface area contributed by atoms with Gasteiger partial charge in [-0.2, -0.15) is 0 Å². The van der Waals surface area contributed by atoms with Gasteiger partial charge in [-0.05, 0) is 111 Å². The highest BCUT2D eigenvalue weighted by Gasteiger charge is 2.51. The summed E-state index contributed by atoms with van der Waals surface area (Å²) in [5.41, 5.74) is 3.09. The zero-order valence-corrected chi connectivity index (χ0v) is 26.5. The van der Waals surface area contributed by atoms with E-state index >= 15 is 0 Å². The highest BCUT2D eigenvalue weighted by atomic mass is 32.2.